The molecule has 1 atom stereocenters. The van der Waals surface area contributed by atoms with Gasteiger partial charge in [0, 0.05) is 11.4 Å². The Morgan fingerprint density at radius 1 is 0.833 bits per heavy atom. The van der Waals surface area contributed by atoms with Crippen LogP contribution in [-0.4, -0.2) is 10.1 Å². The van der Waals surface area contributed by atoms with E-state index in [0.29, 0.717) is 0 Å². The second-order valence-electron chi connectivity index (χ2n) is 4.93. The lowest BCUT2D eigenvalue weighted by Gasteiger charge is -2.14. The summed E-state index contributed by atoms with van der Waals surface area (Å²) in [5.41, 5.74) is 6.16. The Kier molecular flexibility index (Phi) is 3.48. The van der Waals surface area contributed by atoms with Gasteiger partial charge in [0.05, 0.1) is 0 Å². The Morgan fingerprint density at radius 2 is 1.44 bits per heavy atom. The first-order chi connectivity index (χ1) is 8.47. The van der Waals surface area contributed by atoms with E-state index in [2.05, 4.69) is 24.9 Å². The average molecular weight is 241 g/mol. The number of rotatable bonds is 2. The van der Waals surface area contributed by atoms with Crippen molar-refractivity contribution in [2.24, 2.45) is 0 Å². The van der Waals surface area contributed by atoms with Gasteiger partial charge in [-0.2, -0.15) is 0 Å². The lowest BCUT2D eigenvalue weighted by atomic mass is 9.97. The maximum atomic E-state index is 10.4. The molecule has 0 aliphatic rings. The molecule has 0 spiro atoms. The second-order valence-corrected chi connectivity index (χ2v) is 4.93. The SMILES string of the molecule is Cc1cc(C(O)c2ccc(C)c(C)c2)cc(C)n1. The Balaban J connectivity index is 2.40. The van der Waals surface area contributed by atoms with Gasteiger partial charge in [-0.3, -0.25) is 4.98 Å². The van der Waals surface area contributed by atoms with Gasteiger partial charge in [0.25, 0.3) is 0 Å². The Morgan fingerprint density at radius 3 is 2.00 bits per heavy atom. The summed E-state index contributed by atoms with van der Waals surface area (Å²) in [6, 6.07) is 9.96. The van der Waals surface area contributed by atoms with Crippen LogP contribution in [0.3, 0.4) is 0 Å². The number of benzene rings is 1. The van der Waals surface area contributed by atoms with Crippen molar-refractivity contribution in [2.75, 3.05) is 0 Å². The maximum absolute atomic E-state index is 10.4. The van der Waals surface area contributed by atoms with Gasteiger partial charge in [-0.1, -0.05) is 18.2 Å². The zero-order valence-corrected chi connectivity index (χ0v) is 11.4. The van der Waals surface area contributed by atoms with Gasteiger partial charge in [-0.05, 0) is 62.1 Å². The lowest BCUT2D eigenvalue weighted by Crippen LogP contribution is -2.02. The molecule has 2 rings (SSSR count). The standard InChI is InChI=1S/C16H19NO/c1-10-5-6-14(7-11(10)2)16(18)15-8-12(3)17-13(4)9-15/h5-9,16,18H,1-4H3. The van der Waals surface area contributed by atoms with E-state index in [0.717, 1.165) is 22.5 Å². The van der Waals surface area contributed by atoms with Gasteiger partial charge in [-0.15, -0.1) is 0 Å². The number of aliphatic hydroxyl groups excluding tert-OH is 1. The van der Waals surface area contributed by atoms with Crippen molar-refractivity contribution in [3.05, 3.63) is 64.0 Å². The van der Waals surface area contributed by atoms with E-state index in [1.165, 1.54) is 11.1 Å². The molecule has 18 heavy (non-hydrogen) atoms. The minimum Gasteiger partial charge on any atom is -0.384 e. The highest BCUT2D eigenvalue weighted by Crippen LogP contribution is 2.24. The highest BCUT2D eigenvalue weighted by atomic mass is 16.3. The number of nitrogens with zero attached hydrogens (tertiary/aromatic N) is 1. The zero-order valence-electron chi connectivity index (χ0n) is 11.4. The van der Waals surface area contributed by atoms with Gasteiger partial charge in [0.2, 0.25) is 0 Å². The fourth-order valence-electron chi connectivity index (χ4n) is 2.15. The van der Waals surface area contributed by atoms with E-state index in [9.17, 15) is 5.11 Å². The van der Waals surface area contributed by atoms with Crippen molar-refractivity contribution in [2.45, 2.75) is 33.8 Å². The Labute approximate surface area is 108 Å². The number of pyridine rings is 1. The van der Waals surface area contributed by atoms with Crippen LogP contribution in [0.4, 0.5) is 0 Å². The molecular weight excluding hydrogens is 222 g/mol. The van der Waals surface area contributed by atoms with Crippen molar-refractivity contribution >= 4 is 0 Å². The van der Waals surface area contributed by atoms with Crippen LogP contribution >= 0.6 is 0 Å². The third kappa shape index (κ3) is 2.59. The third-order valence-corrected chi connectivity index (χ3v) is 3.27. The van der Waals surface area contributed by atoms with E-state index in [1.807, 2.05) is 38.1 Å². The van der Waals surface area contributed by atoms with E-state index in [1.54, 1.807) is 0 Å². The largest absolute Gasteiger partial charge is 0.384 e. The first-order valence-corrected chi connectivity index (χ1v) is 6.18. The summed E-state index contributed by atoms with van der Waals surface area (Å²) in [4.78, 5) is 4.33. The molecule has 1 aromatic carbocycles. The first-order valence-electron chi connectivity index (χ1n) is 6.18. The molecule has 1 N–H and O–H groups in total. The number of aromatic nitrogens is 1. The van der Waals surface area contributed by atoms with Gasteiger partial charge in [0.1, 0.15) is 6.10 Å². The summed E-state index contributed by atoms with van der Waals surface area (Å²) in [6.45, 7) is 8.04. The van der Waals surface area contributed by atoms with Gasteiger partial charge >= 0.3 is 0 Å². The normalized spacial score (nSPS) is 12.5. The van der Waals surface area contributed by atoms with Gasteiger partial charge < -0.3 is 5.11 Å². The molecule has 0 amide bonds. The van der Waals surface area contributed by atoms with Crippen LogP contribution in [0.25, 0.3) is 0 Å². The summed E-state index contributed by atoms with van der Waals surface area (Å²) >= 11 is 0. The minimum absolute atomic E-state index is 0.579. The molecule has 2 heteroatoms. The molecule has 0 aliphatic carbocycles. The molecule has 1 heterocycles. The van der Waals surface area contributed by atoms with E-state index in [4.69, 9.17) is 0 Å². The third-order valence-electron chi connectivity index (χ3n) is 3.27. The molecule has 0 saturated heterocycles. The average Bonchev–Trinajstić information content (AvgIpc) is 2.30. The van der Waals surface area contributed by atoms with E-state index in [-0.39, 0.29) is 0 Å². The summed E-state index contributed by atoms with van der Waals surface area (Å²) in [5.74, 6) is 0. The van der Waals surface area contributed by atoms with Crippen LogP contribution in [0.5, 0.6) is 0 Å². The molecule has 2 aromatic rings. The minimum atomic E-state index is -0.579. The fraction of sp³-hybridized carbons (Fsp3) is 0.312. The summed E-state index contributed by atoms with van der Waals surface area (Å²) in [7, 11) is 0. The predicted octanol–water partition coefficient (Wildman–Crippen LogP) is 3.40. The Hall–Kier alpha value is -1.67. The van der Waals surface area contributed by atoms with Crippen molar-refractivity contribution in [1.82, 2.24) is 4.98 Å². The number of hydrogen-bond donors (Lipinski definition) is 1. The van der Waals surface area contributed by atoms with Crippen LogP contribution in [0.15, 0.2) is 30.3 Å². The molecule has 1 aromatic heterocycles. The van der Waals surface area contributed by atoms with Gasteiger partial charge in [-0.25, -0.2) is 0 Å². The topological polar surface area (TPSA) is 33.1 Å². The molecular formula is C16H19NO. The highest BCUT2D eigenvalue weighted by Gasteiger charge is 2.12. The van der Waals surface area contributed by atoms with Crippen LogP contribution in [-0.2, 0) is 0 Å². The van der Waals surface area contributed by atoms with Crippen LogP contribution in [0.1, 0.15) is 39.7 Å². The maximum Gasteiger partial charge on any atom is 0.104 e. The molecule has 1 unspecified atom stereocenters. The quantitative estimate of drug-likeness (QED) is 0.874. The first kappa shape index (κ1) is 12.8. The molecule has 2 nitrogen and oxygen atoms in total. The monoisotopic (exact) mass is 241 g/mol. The summed E-state index contributed by atoms with van der Waals surface area (Å²) in [6.07, 6.45) is -0.579. The van der Waals surface area contributed by atoms with Crippen molar-refractivity contribution in [3.8, 4) is 0 Å². The molecule has 0 saturated carbocycles. The smallest absolute Gasteiger partial charge is 0.104 e. The van der Waals surface area contributed by atoms with Crippen molar-refractivity contribution in [1.29, 1.82) is 0 Å². The summed E-state index contributed by atoms with van der Waals surface area (Å²) in [5, 5.41) is 10.4. The molecule has 0 radical (unpaired) electrons. The van der Waals surface area contributed by atoms with Crippen LogP contribution in [0, 0.1) is 27.7 Å². The number of aryl methyl sites for hydroxylation is 4. The van der Waals surface area contributed by atoms with E-state index < -0.39 is 6.10 Å². The van der Waals surface area contributed by atoms with Crippen LogP contribution < -0.4 is 0 Å². The zero-order chi connectivity index (χ0) is 13.3. The summed E-state index contributed by atoms with van der Waals surface area (Å²) < 4.78 is 0. The number of hydrogen-bond acceptors (Lipinski definition) is 2. The lowest BCUT2D eigenvalue weighted by molar-refractivity contribution is 0.220. The van der Waals surface area contributed by atoms with Crippen molar-refractivity contribution < 1.29 is 5.11 Å². The van der Waals surface area contributed by atoms with Gasteiger partial charge in [0.15, 0.2) is 0 Å². The Bertz CT molecular complexity index is 555. The fourth-order valence-corrected chi connectivity index (χ4v) is 2.15. The van der Waals surface area contributed by atoms with Crippen LogP contribution in [0.2, 0.25) is 0 Å². The highest BCUT2D eigenvalue weighted by molar-refractivity contribution is 5.36. The second kappa shape index (κ2) is 4.91. The molecule has 0 bridgehead atoms. The molecule has 94 valence electrons. The molecule has 0 fully saturated rings. The number of aliphatic hydroxyl groups is 1. The predicted molar refractivity (Wildman–Crippen MR) is 73.7 cm³/mol. The molecule has 0 aliphatic heterocycles. The van der Waals surface area contributed by atoms with E-state index >= 15 is 0 Å². The van der Waals surface area contributed by atoms with Crippen molar-refractivity contribution in [3.63, 3.8) is 0 Å².